The molecule has 1 N–H and O–H groups in total. The lowest BCUT2D eigenvalue weighted by atomic mass is 9.83. The molecule has 0 aliphatic heterocycles. The van der Waals surface area contributed by atoms with Gasteiger partial charge in [0, 0.05) is 12.3 Å². The molecule has 1 aromatic rings. The fraction of sp³-hybridized carbons (Fsp3) is 0.565. The summed E-state index contributed by atoms with van der Waals surface area (Å²) in [5, 5.41) is 10.5. The van der Waals surface area contributed by atoms with Crippen molar-refractivity contribution < 1.29 is 5.11 Å². The molecule has 1 heteroatoms. The quantitative estimate of drug-likeness (QED) is 0.346. The third-order valence-corrected chi connectivity index (χ3v) is 4.48. The first-order valence-electron chi connectivity index (χ1n) is 9.43. The Morgan fingerprint density at radius 3 is 2.50 bits per heavy atom. The van der Waals surface area contributed by atoms with Crippen molar-refractivity contribution in [3.8, 4) is 11.8 Å². The summed E-state index contributed by atoms with van der Waals surface area (Å²) in [5.41, 5.74) is 2.62. The molecular formula is C23H34O. The van der Waals surface area contributed by atoms with Crippen LogP contribution in [-0.4, -0.2) is 11.2 Å². The molecule has 0 saturated carbocycles. The number of benzene rings is 1. The van der Waals surface area contributed by atoms with Crippen LogP contribution in [0.5, 0.6) is 0 Å². The molecule has 0 spiro atoms. The van der Waals surface area contributed by atoms with Gasteiger partial charge in [-0.3, -0.25) is 0 Å². The van der Waals surface area contributed by atoms with Crippen LogP contribution in [0.2, 0.25) is 0 Å². The molecular weight excluding hydrogens is 292 g/mol. The highest BCUT2D eigenvalue weighted by Gasteiger charge is 2.22. The standard InChI is InChI=1S/C23H34O/c1-5-6-7-8-12-18-22(24)23(19(2)3)20(4)14-13-17-21-15-10-9-11-16-21/h9-11,14-16,19,22-24H,5-8,13,17H2,1-4H3/b20-14+/t22-,23-/m1/s1. The van der Waals surface area contributed by atoms with Gasteiger partial charge in [0.05, 0.1) is 0 Å². The first-order chi connectivity index (χ1) is 11.6. The zero-order chi connectivity index (χ0) is 17.8. The Kier molecular flexibility index (Phi) is 10.2. The molecule has 0 unspecified atom stereocenters. The van der Waals surface area contributed by atoms with Gasteiger partial charge >= 0.3 is 0 Å². The molecule has 2 atom stereocenters. The average molecular weight is 327 g/mol. The minimum absolute atomic E-state index is 0.124. The summed E-state index contributed by atoms with van der Waals surface area (Å²) >= 11 is 0. The maximum absolute atomic E-state index is 10.5. The van der Waals surface area contributed by atoms with Crippen LogP contribution in [-0.2, 0) is 6.42 Å². The molecule has 0 amide bonds. The van der Waals surface area contributed by atoms with Crippen LogP contribution >= 0.6 is 0 Å². The Hall–Kier alpha value is -1.52. The van der Waals surface area contributed by atoms with Crippen LogP contribution < -0.4 is 0 Å². The van der Waals surface area contributed by atoms with Crippen LogP contribution in [0.3, 0.4) is 0 Å². The minimum Gasteiger partial charge on any atom is -0.380 e. The van der Waals surface area contributed by atoms with Crippen LogP contribution in [0.4, 0.5) is 0 Å². The average Bonchev–Trinajstić information content (AvgIpc) is 2.55. The predicted octanol–water partition coefficient (Wildman–Crippen LogP) is 5.78. The van der Waals surface area contributed by atoms with Crippen molar-refractivity contribution >= 4 is 0 Å². The first kappa shape index (κ1) is 20.5. The number of aryl methyl sites for hydroxylation is 1. The number of hydrogen-bond donors (Lipinski definition) is 1. The Morgan fingerprint density at radius 2 is 1.88 bits per heavy atom. The fourth-order valence-electron chi connectivity index (χ4n) is 3.12. The zero-order valence-corrected chi connectivity index (χ0v) is 15.9. The van der Waals surface area contributed by atoms with Crippen molar-refractivity contribution in [2.24, 2.45) is 11.8 Å². The molecule has 0 aliphatic carbocycles. The summed E-state index contributed by atoms with van der Waals surface area (Å²) in [6.45, 7) is 8.67. The molecule has 0 fully saturated rings. The lowest BCUT2D eigenvalue weighted by Gasteiger charge is -2.24. The van der Waals surface area contributed by atoms with Crippen molar-refractivity contribution in [2.75, 3.05) is 0 Å². The van der Waals surface area contributed by atoms with Crippen molar-refractivity contribution in [1.29, 1.82) is 0 Å². The third kappa shape index (κ3) is 7.84. The lowest BCUT2D eigenvalue weighted by molar-refractivity contribution is 0.152. The second-order valence-electron chi connectivity index (χ2n) is 6.97. The largest absolute Gasteiger partial charge is 0.380 e. The summed E-state index contributed by atoms with van der Waals surface area (Å²) in [7, 11) is 0. The van der Waals surface area contributed by atoms with Gasteiger partial charge in [-0.05, 0) is 37.7 Å². The van der Waals surface area contributed by atoms with E-state index >= 15 is 0 Å². The number of aliphatic hydroxyl groups excluding tert-OH is 1. The Balaban J connectivity index is 2.59. The molecule has 1 aromatic carbocycles. The van der Waals surface area contributed by atoms with Gasteiger partial charge in [0.1, 0.15) is 6.10 Å². The normalized spacial score (nSPS) is 14.2. The summed E-state index contributed by atoms with van der Waals surface area (Å²) in [4.78, 5) is 0. The third-order valence-electron chi connectivity index (χ3n) is 4.48. The Labute approximate surface area is 149 Å². The summed E-state index contributed by atoms with van der Waals surface area (Å²) < 4.78 is 0. The van der Waals surface area contributed by atoms with Gasteiger partial charge in [0.15, 0.2) is 0 Å². The number of unbranched alkanes of at least 4 members (excludes halogenated alkanes) is 3. The predicted molar refractivity (Wildman–Crippen MR) is 105 cm³/mol. The highest BCUT2D eigenvalue weighted by molar-refractivity contribution is 5.18. The molecule has 0 bridgehead atoms. The lowest BCUT2D eigenvalue weighted by Crippen LogP contribution is -2.25. The molecule has 0 saturated heterocycles. The monoisotopic (exact) mass is 326 g/mol. The van der Waals surface area contributed by atoms with E-state index in [-0.39, 0.29) is 5.92 Å². The van der Waals surface area contributed by atoms with E-state index in [4.69, 9.17) is 0 Å². The smallest absolute Gasteiger partial charge is 0.121 e. The highest BCUT2D eigenvalue weighted by Crippen LogP contribution is 2.24. The molecule has 0 heterocycles. The molecule has 0 aliphatic rings. The zero-order valence-electron chi connectivity index (χ0n) is 15.9. The first-order valence-corrected chi connectivity index (χ1v) is 9.43. The summed E-state index contributed by atoms with van der Waals surface area (Å²) in [6.07, 6.45) is 8.23. The van der Waals surface area contributed by atoms with Crippen molar-refractivity contribution in [3.63, 3.8) is 0 Å². The Bertz CT molecular complexity index is 530. The molecule has 24 heavy (non-hydrogen) atoms. The van der Waals surface area contributed by atoms with E-state index in [1.165, 1.54) is 24.0 Å². The maximum atomic E-state index is 10.5. The van der Waals surface area contributed by atoms with Crippen LogP contribution in [0.15, 0.2) is 42.0 Å². The van der Waals surface area contributed by atoms with Crippen molar-refractivity contribution in [3.05, 3.63) is 47.5 Å². The van der Waals surface area contributed by atoms with E-state index in [1.54, 1.807) is 0 Å². The van der Waals surface area contributed by atoms with E-state index < -0.39 is 6.10 Å². The van der Waals surface area contributed by atoms with Gasteiger partial charge in [-0.15, -0.1) is 5.92 Å². The molecule has 0 radical (unpaired) electrons. The van der Waals surface area contributed by atoms with Crippen LogP contribution in [0.1, 0.15) is 65.4 Å². The Morgan fingerprint density at radius 1 is 1.17 bits per heavy atom. The molecule has 1 rings (SSSR count). The highest BCUT2D eigenvalue weighted by atomic mass is 16.3. The van der Waals surface area contributed by atoms with Crippen LogP contribution in [0, 0.1) is 23.7 Å². The number of hydrogen-bond acceptors (Lipinski definition) is 1. The van der Waals surface area contributed by atoms with Gasteiger partial charge in [-0.25, -0.2) is 0 Å². The number of rotatable bonds is 9. The molecule has 132 valence electrons. The molecule has 1 nitrogen and oxygen atoms in total. The van der Waals surface area contributed by atoms with Gasteiger partial charge in [0.2, 0.25) is 0 Å². The van der Waals surface area contributed by atoms with E-state index in [0.29, 0.717) is 5.92 Å². The van der Waals surface area contributed by atoms with Gasteiger partial charge in [-0.2, -0.15) is 0 Å². The van der Waals surface area contributed by atoms with Crippen molar-refractivity contribution in [1.82, 2.24) is 0 Å². The van der Waals surface area contributed by atoms with E-state index in [9.17, 15) is 5.11 Å². The maximum Gasteiger partial charge on any atom is 0.121 e. The summed E-state index contributed by atoms with van der Waals surface area (Å²) in [5.74, 6) is 6.75. The van der Waals surface area contributed by atoms with Gasteiger partial charge < -0.3 is 5.11 Å². The minimum atomic E-state index is -0.556. The number of allylic oxidation sites excluding steroid dienone is 1. The molecule has 0 aromatic heterocycles. The van der Waals surface area contributed by atoms with Gasteiger partial charge in [-0.1, -0.05) is 81.5 Å². The van der Waals surface area contributed by atoms with E-state index in [0.717, 1.165) is 25.7 Å². The van der Waals surface area contributed by atoms with Gasteiger partial charge in [0.25, 0.3) is 0 Å². The SMILES string of the molecule is CCCCCC#C[C@@H](O)[C@@H](/C(C)=C/CCc1ccccc1)C(C)C. The van der Waals surface area contributed by atoms with E-state index in [2.05, 4.69) is 75.9 Å². The second kappa shape index (κ2) is 11.9. The van der Waals surface area contributed by atoms with Crippen molar-refractivity contribution in [2.45, 2.75) is 72.3 Å². The fourth-order valence-corrected chi connectivity index (χ4v) is 3.12. The topological polar surface area (TPSA) is 20.2 Å². The summed E-state index contributed by atoms with van der Waals surface area (Å²) in [6, 6.07) is 10.6. The van der Waals surface area contributed by atoms with Crippen LogP contribution in [0.25, 0.3) is 0 Å². The second-order valence-corrected chi connectivity index (χ2v) is 6.97. The number of aliphatic hydroxyl groups is 1. The van der Waals surface area contributed by atoms with E-state index in [1.807, 2.05) is 0 Å².